The number of halogens is 3. The summed E-state index contributed by atoms with van der Waals surface area (Å²) in [6.07, 6.45) is -4.34. The number of aromatic nitrogens is 1. The van der Waals surface area contributed by atoms with Gasteiger partial charge in [-0.25, -0.2) is 4.79 Å². The molecule has 2 aromatic heterocycles. The summed E-state index contributed by atoms with van der Waals surface area (Å²) >= 11 is 0. The van der Waals surface area contributed by atoms with Gasteiger partial charge in [-0.3, -0.25) is 4.79 Å². The largest absolute Gasteiger partial charge is 0.489 e. The fraction of sp³-hybridized carbons (Fsp3) is 0.333. The minimum Gasteiger partial charge on any atom is -0.489 e. The molecular formula is C21H20F3NO4. The first-order valence-corrected chi connectivity index (χ1v) is 9.19. The number of benzene rings is 1. The number of nitrogens with zero attached hydrogens (tertiary/aromatic N) is 1. The molecule has 3 aromatic rings. The molecule has 1 atom stereocenters. The molecule has 0 aliphatic heterocycles. The Bertz CT molecular complexity index is 1060. The minimum absolute atomic E-state index is 0.286. The molecule has 0 aliphatic rings. The third-order valence-corrected chi connectivity index (χ3v) is 4.38. The van der Waals surface area contributed by atoms with Gasteiger partial charge in [-0.15, -0.1) is 0 Å². The molecule has 0 saturated carbocycles. The molecule has 0 spiro atoms. The monoisotopic (exact) mass is 407 g/mol. The van der Waals surface area contributed by atoms with Gasteiger partial charge < -0.3 is 13.9 Å². The van der Waals surface area contributed by atoms with E-state index in [1.165, 1.54) is 6.92 Å². The predicted molar refractivity (Wildman–Crippen MR) is 101 cm³/mol. The summed E-state index contributed by atoms with van der Waals surface area (Å²) in [5, 5.41) is 0.700. The van der Waals surface area contributed by atoms with Crippen LogP contribution in [0.3, 0.4) is 0 Å². The van der Waals surface area contributed by atoms with Crippen LogP contribution in [0.2, 0.25) is 0 Å². The molecule has 5 nitrogen and oxygen atoms in total. The number of para-hydroxylation sites is 1. The molecule has 2 heterocycles. The van der Waals surface area contributed by atoms with Crippen LogP contribution in [0.15, 0.2) is 42.6 Å². The van der Waals surface area contributed by atoms with E-state index in [0.717, 1.165) is 5.52 Å². The van der Waals surface area contributed by atoms with Crippen molar-refractivity contribution in [3.8, 4) is 5.75 Å². The normalized spacial score (nSPS) is 12.9. The van der Waals surface area contributed by atoms with Gasteiger partial charge >= 0.3 is 12.1 Å². The zero-order chi connectivity index (χ0) is 21.2. The van der Waals surface area contributed by atoms with Crippen molar-refractivity contribution in [3.05, 3.63) is 48.2 Å². The number of Topliss-reactive ketones (excluding diaryl/α,β-unsaturated/α-hetero) is 1. The number of hydrogen-bond acceptors (Lipinski definition) is 4. The topological polar surface area (TPSA) is 57.0 Å². The van der Waals surface area contributed by atoms with Gasteiger partial charge in [-0.2, -0.15) is 13.2 Å². The standard InChI is InChI=1S/C21H20F3NO4/c1-3-10-28-20(27)19-15-6-4-5-7-16(15)25-12-14(8-9-17(19)25)29-13(2)11-18(26)21(22,23)24/h4-9,12-13H,3,10-11H2,1-2H3. The Kier molecular flexibility index (Phi) is 5.81. The van der Waals surface area contributed by atoms with E-state index in [4.69, 9.17) is 9.47 Å². The van der Waals surface area contributed by atoms with E-state index in [-0.39, 0.29) is 5.75 Å². The third-order valence-electron chi connectivity index (χ3n) is 4.38. The van der Waals surface area contributed by atoms with Crippen molar-refractivity contribution < 1.29 is 32.2 Å². The molecule has 0 fully saturated rings. The van der Waals surface area contributed by atoms with Crippen molar-refractivity contribution in [1.29, 1.82) is 0 Å². The van der Waals surface area contributed by atoms with Crippen molar-refractivity contribution in [1.82, 2.24) is 4.40 Å². The maximum absolute atomic E-state index is 12.6. The summed E-state index contributed by atoms with van der Waals surface area (Å²) in [4.78, 5) is 23.7. The van der Waals surface area contributed by atoms with Crippen LogP contribution < -0.4 is 4.74 Å². The number of ether oxygens (including phenoxy) is 2. The first-order valence-electron chi connectivity index (χ1n) is 9.19. The number of alkyl halides is 3. The van der Waals surface area contributed by atoms with E-state index in [9.17, 15) is 22.8 Å². The number of fused-ring (bicyclic) bond motifs is 3. The van der Waals surface area contributed by atoms with Crippen LogP contribution >= 0.6 is 0 Å². The third kappa shape index (κ3) is 4.36. The molecule has 3 rings (SSSR count). The number of carbonyl (C=O) groups is 2. The number of carbonyl (C=O) groups excluding carboxylic acids is 2. The molecular weight excluding hydrogens is 387 g/mol. The van der Waals surface area contributed by atoms with Crippen LogP contribution in [0.5, 0.6) is 5.75 Å². The number of pyridine rings is 1. The van der Waals surface area contributed by atoms with E-state index in [1.807, 2.05) is 19.1 Å². The summed E-state index contributed by atoms with van der Waals surface area (Å²) in [7, 11) is 0. The van der Waals surface area contributed by atoms with Crippen LogP contribution in [-0.2, 0) is 9.53 Å². The fourth-order valence-electron chi connectivity index (χ4n) is 3.12. The summed E-state index contributed by atoms with van der Waals surface area (Å²) in [5.74, 6) is -1.99. The van der Waals surface area contributed by atoms with Crippen molar-refractivity contribution >= 4 is 28.2 Å². The maximum atomic E-state index is 12.6. The highest BCUT2D eigenvalue weighted by atomic mass is 19.4. The van der Waals surface area contributed by atoms with Crippen LogP contribution in [-0.4, -0.2) is 35.0 Å². The van der Waals surface area contributed by atoms with E-state index >= 15 is 0 Å². The lowest BCUT2D eigenvalue weighted by Crippen LogP contribution is -2.28. The van der Waals surface area contributed by atoms with Crippen molar-refractivity contribution in [2.45, 2.75) is 39.0 Å². The number of ketones is 1. The quantitative estimate of drug-likeness (QED) is 0.520. The SMILES string of the molecule is CCCOC(=O)c1c2ccccc2n2cc(OC(C)CC(=O)C(F)(F)F)ccc12. The fourth-order valence-corrected chi connectivity index (χ4v) is 3.12. The zero-order valence-electron chi connectivity index (χ0n) is 16.0. The Balaban J connectivity index is 1.95. The lowest BCUT2D eigenvalue weighted by molar-refractivity contribution is -0.172. The second-order valence-electron chi connectivity index (χ2n) is 6.70. The second kappa shape index (κ2) is 8.14. The molecule has 29 heavy (non-hydrogen) atoms. The Morgan fingerprint density at radius 1 is 1.10 bits per heavy atom. The zero-order valence-corrected chi connectivity index (χ0v) is 16.0. The summed E-state index contributed by atoms with van der Waals surface area (Å²) in [6.45, 7) is 3.60. The Hall–Kier alpha value is -3.03. The van der Waals surface area contributed by atoms with Gasteiger partial charge in [0, 0.05) is 5.39 Å². The van der Waals surface area contributed by atoms with Crippen LogP contribution in [0.25, 0.3) is 16.4 Å². The Labute approximate surface area is 165 Å². The van der Waals surface area contributed by atoms with E-state index < -0.39 is 30.5 Å². The van der Waals surface area contributed by atoms with Crippen molar-refractivity contribution in [2.75, 3.05) is 6.61 Å². The molecule has 0 amide bonds. The Morgan fingerprint density at radius 3 is 2.52 bits per heavy atom. The highest BCUT2D eigenvalue weighted by Gasteiger charge is 2.39. The average molecular weight is 407 g/mol. The molecule has 1 aromatic carbocycles. The summed E-state index contributed by atoms with van der Waals surface area (Å²) in [6, 6.07) is 10.4. The lowest BCUT2D eigenvalue weighted by atomic mass is 10.1. The highest BCUT2D eigenvalue weighted by molar-refractivity contribution is 6.11. The number of hydrogen-bond donors (Lipinski definition) is 0. The first kappa shape index (κ1) is 20.7. The van der Waals surface area contributed by atoms with Gasteiger partial charge in [0.1, 0.15) is 11.9 Å². The van der Waals surface area contributed by atoms with E-state index in [2.05, 4.69) is 0 Å². The lowest BCUT2D eigenvalue weighted by Gasteiger charge is -2.15. The van der Waals surface area contributed by atoms with Gasteiger partial charge in [0.25, 0.3) is 0 Å². The minimum atomic E-state index is -4.88. The molecule has 1 unspecified atom stereocenters. The summed E-state index contributed by atoms with van der Waals surface area (Å²) < 4.78 is 49.9. The smallest absolute Gasteiger partial charge is 0.450 e. The highest BCUT2D eigenvalue weighted by Crippen LogP contribution is 2.30. The summed E-state index contributed by atoms with van der Waals surface area (Å²) in [5.41, 5.74) is 1.75. The molecule has 0 bridgehead atoms. The van der Waals surface area contributed by atoms with Crippen molar-refractivity contribution in [2.24, 2.45) is 0 Å². The van der Waals surface area contributed by atoms with Crippen LogP contribution in [0, 0.1) is 0 Å². The molecule has 0 N–H and O–H groups in total. The van der Waals surface area contributed by atoms with Crippen molar-refractivity contribution in [3.63, 3.8) is 0 Å². The van der Waals surface area contributed by atoms with Crippen LogP contribution in [0.4, 0.5) is 13.2 Å². The maximum Gasteiger partial charge on any atom is 0.450 e. The number of rotatable bonds is 7. The van der Waals surface area contributed by atoms with E-state index in [0.29, 0.717) is 29.5 Å². The molecule has 154 valence electrons. The van der Waals surface area contributed by atoms with Crippen LogP contribution in [0.1, 0.15) is 37.0 Å². The Morgan fingerprint density at radius 2 is 1.83 bits per heavy atom. The first-order chi connectivity index (χ1) is 13.7. The van der Waals surface area contributed by atoms with E-state index in [1.54, 1.807) is 34.9 Å². The second-order valence-corrected chi connectivity index (χ2v) is 6.70. The van der Waals surface area contributed by atoms with Gasteiger partial charge in [0.15, 0.2) is 0 Å². The predicted octanol–water partition coefficient (Wildman–Crippen LogP) is 4.95. The van der Waals surface area contributed by atoms with Gasteiger partial charge in [0.2, 0.25) is 5.78 Å². The molecule has 0 aliphatic carbocycles. The molecule has 8 heteroatoms. The number of esters is 1. The van der Waals surface area contributed by atoms with Gasteiger partial charge in [-0.05, 0) is 31.5 Å². The van der Waals surface area contributed by atoms with Gasteiger partial charge in [-0.1, -0.05) is 25.1 Å². The molecule has 0 radical (unpaired) electrons. The van der Waals surface area contributed by atoms with Gasteiger partial charge in [0.05, 0.1) is 35.8 Å². The molecule has 0 saturated heterocycles. The average Bonchev–Trinajstić information content (AvgIpc) is 2.99.